The first-order chi connectivity index (χ1) is 8.49. The monoisotopic (exact) mass is 252 g/mol. The van der Waals surface area contributed by atoms with E-state index in [0.717, 1.165) is 17.8 Å². The van der Waals surface area contributed by atoms with E-state index in [9.17, 15) is 0 Å². The van der Waals surface area contributed by atoms with Crippen molar-refractivity contribution in [1.29, 1.82) is 0 Å². The standard InChI is InChI=1S/C16H32N2/c1-13-7-9-18(11-14(13)2)12-16(3,4)15-6-5-8-17-10-15/h13-15,17H,5-12H2,1-4H3. The summed E-state index contributed by atoms with van der Waals surface area (Å²) in [5.41, 5.74) is 0.466. The number of rotatable bonds is 3. The van der Waals surface area contributed by atoms with Gasteiger partial charge in [-0.2, -0.15) is 0 Å². The smallest absolute Gasteiger partial charge is 0.00359 e. The van der Waals surface area contributed by atoms with Gasteiger partial charge < -0.3 is 10.2 Å². The molecular formula is C16H32N2. The Hall–Kier alpha value is -0.0800. The zero-order valence-electron chi connectivity index (χ0n) is 12.8. The van der Waals surface area contributed by atoms with Crippen molar-refractivity contribution in [2.75, 3.05) is 32.7 Å². The van der Waals surface area contributed by atoms with Crippen LogP contribution in [0, 0.1) is 23.2 Å². The molecule has 0 saturated carbocycles. The number of hydrogen-bond acceptors (Lipinski definition) is 2. The maximum atomic E-state index is 3.58. The van der Waals surface area contributed by atoms with Gasteiger partial charge in [0.15, 0.2) is 0 Å². The summed E-state index contributed by atoms with van der Waals surface area (Å²) in [4.78, 5) is 2.72. The fourth-order valence-electron chi connectivity index (χ4n) is 3.72. The molecular weight excluding hydrogens is 220 g/mol. The van der Waals surface area contributed by atoms with E-state index in [0.29, 0.717) is 5.41 Å². The predicted octanol–water partition coefficient (Wildman–Crippen LogP) is 2.99. The largest absolute Gasteiger partial charge is 0.316 e. The van der Waals surface area contributed by atoms with Crippen LogP contribution in [0.2, 0.25) is 0 Å². The van der Waals surface area contributed by atoms with E-state index in [-0.39, 0.29) is 0 Å². The highest BCUT2D eigenvalue weighted by molar-refractivity contribution is 4.87. The Labute approximate surface area is 114 Å². The zero-order valence-corrected chi connectivity index (χ0v) is 12.8. The highest BCUT2D eigenvalue weighted by Gasteiger charge is 2.34. The van der Waals surface area contributed by atoms with Gasteiger partial charge in [-0.05, 0) is 62.1 Å². The van der Waals surface area contributed by atoms with E-state index in [1.807, 2.05) is 0 Å². The Balaban J connectivity index is 1.87. The van der Waals surface area contributed by atoms with Crippen molar-refractivity contribution in [2.24, 2.45) is 23.2 Å². The number of likely N-dealkylation sites (tertiary alicyclic amines) is 1. The topological polar surface area (TPSA) is 15.3 Å². The van der Waals surface area contributed by atoms with Crippen molar-refractivity contribution in [1.82, 2.24) is 10.2 Å². The summed E-state index contributed by atoms with van der Waals surface area (Å²) in [6, 6.07) is 0. The van der Waals surface area contributed by atoms with E-state index in [1.54, 1.807) is 0 Å². The Morgan fingerprint density at radius 1 is 1.17 bits per heavy atom. The van der Waals surface area contributed by atoms with Crippen molar-refractivity contribution in [3.63, 3.8) is 0 Å². The average molecular weight is 252 g/mol. The van der Waals surface area contributed by atoms with Gasteiger partial charge >= 0.3 is 0 Å². The summed E-state index contributed by atoms with van der Waals surface area (Å²) in [5.74, 6) is 2.65. The van der Waals surface area contributed by atoms with E-state index < -0.39 is 0 Å². The zero-order chi connectivity index (χ0) is 13.2. The molecule has 2 aliphatic heterocycles. The van der Waals surface area contributed by atoms with E-state index >= 15 is 0 Å². The van der Waals surface area contributed by atoms with Crippen LogP contribution < -0.4 is 5.32 Å². The lowest BCUT2D eigenvalue weighted by molar-refractivity contribution is 0.0593. The number of nitrogens with one attached hydrogen (secondary N) is 1. The van der Waals surface area contributed by atoms with Crippen molar-refractivity contribution >= 4 is 0 Å². The van der Waals surface area contributed by atoms with Crippen LogP contribution in [-0.2, 0) is 0 Å². The molecule has 0 aromatic rings. The third kappa shape index (κ3) is 3.48. The van der Waals surface area contributed by atoms with Crippen molar-refractivity contribution < 1.29 is 0 Å². The van der Waals surface area contributed by atoms with Crippen LogP contribution in [0.15, 0.2) is 0 Å². The molecule has 0 aromatic heterocycles. The maximum Gasteiger partial charge on any atom is 0.00359 e. The maximum absolute atomic E-state index is 3.58. The van der Waals surface area contributed by atoms with Gasteiger partial charge in [-0.1, -0.05) is 27.7 Å². The molecule has 3 atom stereocenters. The first-order valence-corrected chi connectivity index (χ1v) is 7.92. The fraction of sp³-hybridized carbons (Fsp3) is 1.00. The molecule has 0 amide bonds. The Morgan fingerprint density at radius 2 is 1.94 bits per heavy atom. The first kappa shape index (κ1) is 14.3. The lowest BCUT2D eigenvalue weighted by Crippen LogP contribution is -2.48. The lowest BCUT2D eigenvalue weighted by Gasteiger charge is -2.44. The number of piperidine rings is 2. The molecule has 2 aliphatic rings. The van der Waals surface area contributed by atoms with Gasteiger partial charge in [0.05, 0.1) is 0 Å². The van der Waals surface area contributed by atoms with Crippen LogP contribution in [0.4, 0.5) is 0 Å². The van der Waals surface area contributed by atoms with Gasteiger partial charge in [0, 0.05) is 13.1 Å². The van der Waals surface area contributed by atoms with Crippen molar-refractivity contribution in [2.45, 2.75) is 47.0 Å². The summed E-state index contributed by atoms with van der Waals surface area (Å²) < 4.78 is 0. The molecule has 0 radical (unpaired) electrons. The SMILES string of the molecule is CC1CCN(CC(C)(C)C2CCCNC2)CC1C. The van der Waals surface area contributed by atoms with Crippen LogP contribution in [0.5, 0.6) is 0 Å². The highest BCUT2D eigenvalue weighted by atomic mass is 15.1. The van der Waals surface area contributed by atoms with E-state index in [4.69, 9.17) is 0 Å². The number of hydrogen-bond donors (Lipinski definition) is 1. The minimum atomic E-state index is 0.466. The van der Waals surface area contributed by atoms with Crippen LogP contribution >= 0.6 is 0 Å². The molecule has 2 nitrogen and oxygen atoms in total. The molecule has 0 aromatic carbocycles. The normalized spacial score (nSPS) is 35.7. The van der Waals surface area contributed by atoms with Gasteiger partial charge in [-0.3, -0.25) is 0 Å². The summed E-state index contributed by atoms with van der Waals surface area (Å²) in [7, 11) is 0. The molecule has 2 rings (SSSR count). The highest BCUT2D eigenvalue weighted by Crippen LogP contribution is 2.34. The van der Waals surface area contributed by atoms with Crippen LogP contribution in [0.1, 0.15) is 47.0 Å². The third-order valence-corrected chi connectivity index (χ3v) is 5.45. The molecule has 2 saturated heterocycles. The molecule has 0 spiro atoms. The Kier molecular flexibility index (Phi) is 4.71. The second-order valence-corrected chi connectivity index (χ2v) is 7.51. The summed E-state index contributed by atoms with van der Waals surface area (Å²) in [6.45, 7) is 16.2. The van der Waals surface area contributed by atoms with Crippen LogP contribution in [-0.4, -0.2) is 37.6 Å². The van der Waals surface area contributed by atoms with Gasteiger partial charge in [-0.25, -0.2) is 0 Å². The molecule has 3 unspecified atom stereocenters. The minimum Gasteiger partial charge on any atom is -0.316 e. The van der Waals surface area contributed by atoms with Gasteiger partial charge in [0.2, 0.25) is 0 Å². The Bertz CT molecular complexity index is 256. The quantitative estimate of drug-likeness (QED) is 0.831. The fourth-order valence-corrected chi connectivity index (χ4v) is 3.72. The van der Waals surface area contributed by atoms with Gasteiger partial charge in [0.25, 0.3) is 0 Å². The number of nitrogens with zero attached hydrogens (tertiary/aromatic N) is 1. The first-order valence-electron chi connectivity index (χ1n) is 7.92. The summed E-state index contributed by atoms with van der Waals surface area (Å²) >= 11 is 0. The van der Waals surface area contributed by atoms with E-state index in [1.165, 1.54) is 52.0 Å². The molecule has 18 heavy (non-hydrogen) atoms. The molecule has 2 heterocycles. The van der Waals surface area contributed by atoms with Crippen LogP contribution in [0.25, 0.3) is 0 Å². The van der Waals surface area contributed by atoms with Gasteiger partial charge in [-0.15, -0.1) is 0 Å². The van der Waals surface area contributed by atoms with Crippen LogP contribution in [0.3, 0.4) is 0 Å². The molecule has 0 bridgehead atoms. The predicted molar refractivity (Wildman–Crippen MR) is 78.8 cm³/mol. The van der Waals surface area contributed by atoms with E-state index in [2.05, 4.69) is 37.9 Å². The molecule has 0 aliphatic carbocycles. The second-order valence-electron chi connectivity index (χ2n) is 7.51. The third-order valence-electron chi connectivity index (χ3n) is 5.45. The second kappa shape index (κ2) is 5.92. The van der Waals surface area contributed by atoms with Gasteiger partial charge in [0.1, 0.15) is 0 Å². The molecule has 106 valence electrons. The molecule has 2 heteroatoms. The minimum absolute atomic E-state index is 0.466. The van der Waals surface area contributed by atoms with Crippen molar-refractivity contribution in [3.8, 4) is 0 Å². The summed E-state index contributed by atoms with van der Waals surface area (Å²) in [6.07, 6.45) is 4.17. The molecule has 1 N–H and O–H groups in total. The van der Waals surface area contributed by atoms with Crippen molar-refractivity contribution in [3.05, 3.63) is 0 Å². The Morgan fingerprint density at radius 3 is 2.56 bits per heavy atom. The molecule has 2 fully saturated rings. The summed E-state index contributed by atoms with van der Waals surface area (Å²) in [5, 5.41) is 3.58. The average Bonchev–Trinajstić information content (AvgIpc) is 2.35. The lowest BCUT2D eigenvalue weighted by atomic mass is 9.74.